The van der Waals surface area contributed by atoms with Crippen LogP contribution in [0.3, 0.4) is 0 Å². The highest BCUT2D eigenvalue weighted by Crippen LogP contribution is 2.27. The number of anilines is 2. The van der Waals surface area contributed by atoms with Crippen molar-refractivity contribution in [3.63, 3.8) is 0 Å². The molecule has 1 atom stereocenters. The summed E-state index contributed by atoms with van der Waals surface area (Å²) in [7, 11) is -3.57. The molecule has 0 bridgehead atoms. The van der Waals surface area contributed by atoms with Gasteiger partial charge in [0.2, 0.25) is 21.8 Å². The molecule has 1 aromatic heterocycles. The number of nitrogens with zero attached hydrogens (tertiary/aromatic N) is 3. The van der Waals surface area contributed by atoms with Crippen molar-refractivity contribution in [2.75, 3.05) is 29.9 Å². The number of sulfonamides is 1. The number of pyridine rings is 1. The van der Waals surface area contributed by atoms with E-state index in [2.05, 4.69) is 10.3 Å². The van der Waals surface area contributed by atoms with Crippen molar-refractivity contribution in [3.05, 3.63) is 47.6 Å². The Morgan fingerprint density at radius 2 is 1.87 bits per heavy atom. The Morgan fingerprint density at radius 3 is 2.43 bits per heavy atom. The van der Waals surface area contributed by atoms with Crippen LogP contribution in [0.4, 0.5) is 11.5 Å². The summed E-state index contributed by atoms with van der Waals surface area (Å²) < 4.78 is 26.6. The van der Waals surface area contributed by atoms with Gasteiger partial charge in [0, 0.05) is 37.9 Å². The molecule has 30 heavy (non-hydrogen) atoms. The number of rotatable bonds is 7. The van der Waals surface area contributed by atoms with Crippen molar-refractivity contribution >= 4 is 44.9 Å². The lowest BCUT2D eigenvalue weighted by atomic mass is 10.1. The lowest BCUT2D eigenvalue weighted by molar-refractivity contribution is -0.122. The van der Waals surface area contributed by atoms with E-state index in [0.29, 0.717) is 29.6 Å². The van der Waals surface area contributed by atoms with Crippen LogP contribution in [0.15, 0.2) is 47.5 Å². The maximum absolute atomic E-state index is 12.6. The summed E-state index contributed by atoms with van der Waals surface area (Å²) in [6, 6.07) is 9.36. The van der Waals surface area contributed by atoms with Crippen LogP contribution in [0.25, 0.3) is 0 Å². The first-order valence-electron chi connectivity index (χ1n) is 9.59. The number of benzene rings is 1. The van der Waals surface area contributed by atoms with Crippen LogP contribution >= 0.6 is 11.6 Å². The van der Waals surface area contributed by atoms with Gasteiger partial charge in [-0.3, -0.25) is 9.59 Å². The molecule has 1 fully saturated rings. The van der Waals surface area contributed by atoms with Crippen molar-refractivity contribution in [1.82, 2.24) is 9.29 Å². The molecule has 1 unspecified atom stereocenters. The van der Waals surface area contributed by atoms with Gasteiger partial charge in [0.05, 0.1) is 15.8 Å². The van der Waals surface area contributed by atoms with Crippen LogP contribution in [0.2, 0.25) is 5.02 Å². The Balaban J connectivity index is 1.70. The molecular formula is C20H23ClN4O4S. The van der Waals surface area contributed by atoms with Gasteiger partial charge in [-0.1, -0.05) is 25.4 Å². The molecule has 8 nitrogen and oxygen atoms in total. The molecule has 0 spiro atoms. The third kappa shape index (κ3) is 4.63. The van der Waals surface area contributed by atoms with E-state index < -0.39 is 15.9 Å². The molecule has 1 aliphatic heterocycles. The summed E-state index contributed by atoms with van der Waals surface area (Å²) in [6.07, 6.45) is 1.50. The van der Waals surface area contributed by atoms with E-state index >= 15 is 0 Å². The molecule has 160 valence electrons. The first-order valence-corrected chi connectivity index (χ1v) is 11.4. The van der Waals surface area contributed by atoms with Crippen molar-refractivity contribution in [1.29, 1.82) is 0 Å². The standard InChI is InChI=1S/C20H23ClN4O4S/c1-3-24(4-2)30(28,29)17-8-6-16(7-9-17)25-13-14(11-19(25)26)20(27)23-18-10-5-15(21)12-22-18/h5-10,12,14H,3-4,11,13H2,1-2H3,(H,22,23,27). The third-order valence-electron chi connectivity index (χ3n) is 4.97. The number of aromatic nitrogens is 1. The number of hydrogen-bond donors (Lipinski definition) is 1. The van der Waals surface area contributed by atoms with Crippen LogP contribution < -0.4 is 10.2 Å². The molecule has 10 heteroatoms. The lowest BCUT2D eigenvalue weighted by Crippen LogP contribution is -2.31. The molecule has 2 heterocycles. The van der Waals surface area contributed by atoms with E-state index in [1.54, 1.807) is 38.1 Å². The number of amides is 2. The Kier molecular flexibility index (Phi) is 6.74. The highest BCUT2D eigenvalue weighted by molar-refractivity contribution is 7.89. The zero-order valence-electron chi connectivity index (χ0n) is 16.7. The number of nitrogens with one attached hydrogen (secondary N) is 1. The number of halogens is 1. The summed E-state index contributed by atoms with van der Waals surface area (Å²) in [6.45, 7) is 4.53. The van der Waals surface area contributed by atoms with Gasteiger partial charge in [0.25, 0.3) is 0 Å². The minimum Gasteiger partial charge on any atom is -0.312 e. The van der Waals surface area contributed by atoms with E-state index in [4.69, 9.17) is 11.6 Å². The average Bonchev–Trinajstić information content (AvgIpc) is 3.12. The molecular weight excluding hydrogens is 428 g/mol. The molecule has 0 saturated carbocycles. The van der Waals surface area contributed by atoms with E-state index in [9.17, 15) is 18.0 Å². The Morgan fingerprint density at radius 1 is 1.20 bits per heavy atom. The van der Waals surface area contributed by atoms with Gasteiger partial charge in [-0.2, -0.15) is 4.31 Å². The molecule has 2 amide bonds. The van der Waals surface area contributed by atoms with Gasteiger partial charge >= 0.3 is 0 Å². The third-order valence-corrected chi connectivity index (χ3v) is 7.25. The van der Waals surface area contributed by atoms with Crippen LogP contribution in [0.1, 0.15) is 20.3 Å². The van der Waals surface area contributed by atoms with Crippen LogP contribution in [0, 0.1) is 5.92 Å². The predicted molar refractivity (Wildman–Crippen MR) is 115 cm³/mol. The fourth-order valence-corrected chi connectivity index (χ4v) is 4.89. The first kappa shape index (κ1) is 22.2. The summed E-state index contributed by atoms with van der Waals surface area (Å²) >= 11 is 5.79. The smallest absolute Gasteiger partial charge is 0.243 e. The molecule has 1 saturated heterocycles. The van der Waals surface area contributed by atoms with Crippen molar-refractivity contribution in [2.24, 2.45) is 5.92 Å². The fraction of sp³-hybridized carbons (Fsp3) is 0.350. The first-order chi connectivity index (χ1) is 14.3. The second-order valence-corrected chi connectivity index (χ2v) is 9.21. The fourth-order valence-electron chi connectivity index (χ4n) is 3.32. The molecule has 0 aliphatic carbocycles. The number of carbonyl (C=O) groups excluding carboxylic acids is 2. The molecule has 1 aromatic carbocycles. The molecule has 1 N–H and O–H groups in total. The van der Waals surface area contributed by atoms with Gasteiger partial charge in [-0.05, 0) is 36.4 Å². The highest BCUT2D eigenvalue weighted by atomic mass is 35.5. The minimum atomic E-state index is -3.57. The highest BCUT2D eigenvalue weighted by Gasteiger charge is 2.35. The van der Waals surface area contributed by atoms with E-state index in [1.165, 1.54) is 27.5 Å². The van der Waals surface area contributed by atoms with Gasteiger partial charge in [0.1, 0.15) is 5.82 Å². The zero-order valence-corrected chi connectivity index (χ0v) is 18.3. The lowest BCUT2D eigenvalue weighted by Gasteiger charge is -2.20. The molecule has 2 aromatic rings. The maximum Gasteiger partial charge on any atom is 0.243 e. The van der Waals surface area contributed by atoms with E-state index in [1.807, 2.05) is 0 Å². The van der Waals surface area contributed by atoms with Gasteiger partial charge in [0.15, 0.2) is 0 Å². The Hall–Kier alpha value is -2.49. The second-order valence-electron chi connectivity index (χ2n) is 6.84. The van der Waals surface area contributed by atoms with Crippen LogP contribution in [-0.4, -0.2) is 49.2 Å². The normalized spacial score (nSPS) is 16.9. The summed E-state index contributed by atoms with van der Waals surface area (Å²) in [5.74, 6) is -0.671. The van der Waals surface area contributed by atoms with Crippen molar-refractivity contribution in [2.45, 2.75) is 25.2 Å². The predicted octanol–water partition coefficient (Wildman–Crippen LogP) is 2.76. The Labute approximate surface area is 180 Å². The number of carbonyl (C=O) groups is 2. The minimum absolute atomic E-state index is 0.0684. The van der Waals surface area contributed by atoms with Gasteiger partial charge in [-0.25, -0.2) is 13.4 Å². The quantitative estimate of drug-likeness (QED) is 0.699. The number of hydrogen-bond acceptors (Lipinski definition) is 5. The molecule has 3 rings (SSSR count). The van der Waals surface area contributed by atoms with Gasteiger partial charge in [-0.15, -0.1) is 0 Å². The maximum atomic E-state index is 12.6. The van der Waals surface area contributed by atoms with Crippen molar-refractivity contribution in [3.8, 4) is 0 Å². The second kappa shape index (κ2) is 9.11. The van der Waals surface area contributed by atoms with Crippen LogP contribution in [-0.2, 0) is 19.6 Å². The van der Waals surface area contributed by atoms with E-state index in [-0.39, 0.29) is 29.7 Å². The van der Waals surface area contributed by atoms with Gasteiger partial charge < -0.3 is 10.2 Å². The zero-order chi connectivity index (χ0) is 21.9. The largest absolute Gasteiger partial charge is 0.312 e. The van der Waals surface area contributed by atoms with Crippen molar-refractivity contribution < 1.29 is 18.0 Å². The molecule has 0 radical (unpaired) electrons. The monoisotopic (exact) mass is 450 g/mol. The van der Waals surface area contributed by atoms with Crippen LogP contribution in [0.5, 0.6) is 0 Å². The topological polar surface area (TPSA) is 99.7 Å². The molecule has 1 aliphatic rings. The summed E-state index contributed by atoms with van der Waals surface area (Å²) in [5.41, 5.74) is 0.554. The average molecular weight is 451 g/mol. The Bertz CT molecular complexity index is 1020. The van der Waals surface area contributed by atoms with E-state index in [0.717, 1.165) is 0 Å². The SMILES string of the molecule is CCN(CC)S(=O)(=O)c1ccc(N2CC(C(=O)Nc3ccc(Cl)cn3)CC2=O)cc1. The summed E-state index contributed by atoms with van der Waals surface area (Å²) in [4.78, 5) is 30.6. The summed E-state index contributed by atoms with van der Waals surface area (Å²) in [5, 5.41) is 3.15.